The molecule has 0 saturated heterocycles. The fourth-order valence-electron chi connectivity index (χ4n) is 3.84. The Hall–Kier alpha value is -2.67. The van der Waals surface area contributed by atoms with Crippen LogP contribution in [0.4, 0.5) is 0 Å². The van der Waals surface area contributed by atoms with Crippen LogP contribution >= 0.6 is 25.5 Å². The molecule has 0 spiro atoms. The van der Waals surface area contributed by atoms with Crippen molar-refractivity contribution in [2.24, 2.45) is 10.8 Å². The predicted molar refractivity (Wildman–Crippen MR) is 194 cm³/mol. The zero-order valence-electron chi connectivity index (χ0n) is 26.2. The summed E-state index contributed by atoms with van der Waals surface area (Å²) in [5, 5.41) is 25.9. The van der Waals surface area contributed by atoms with E-state index in [2.05, 4.69) is 118 Å². The largest absolute Gasteiger partial charge is 0.577 e. The van der Waals surface area contributed by atoms with Crippen LogP contribution in [0.1, 0.15) is 41.5 Å². The smallest absolute Gasteiger partial charge is 0.423 e. The van der Waals surface area contributed by atoms with E-state index in [1.54, 1.807) is 0 Å². The van der Waals surface area contributed by atoms with Gasteiger partial charge >= 0.3 is 27.0 Å². The van der Waals surface area contributed by atoms with Crippen molar-refractivity contribution in [3.8, 4) is 0 Å². The molecule has 234 valence electrons. The molecule has 0 aromatic heterocycles. The quantitative estimate of drug-likeness (QED) is 0.118. The molecule has 0 amide bonds. The fraction of sp³-hybridized carbons (Fsp3) is 0.222. The van der Waals surface area contributed by atoms with Gasteiger partial charge in [0.2, 0.25) is 0 Å². The minimum absolute atomic E-state index is 0.209. The first-order valence-electron chi connectivity index (χ1n) is 14.1. The van der Waals surface area contributed by atoms with Crippen molar-refractivity contribution in [3.05, 3.63) is 155 Å². The summed E-state index contributed by atoms with van der Waals surface area (Å²) in [4.78, 5) is 7.25. The van der Waals surface area contributed by atoms with Gasteiger partial charge in [-0.2, -0.15) is 0 Å². The molecule has 0 atom stereocenters. The van der Waals surface area contributed by atoms with E-state index < -0.39 is 15.8 Å². The molecule has 4 aromatic rings. The topological polar surface area (TPSA) is 79.8 Å². The standard InChI is InChI=1S/2C18H21OP.ClH.NO.Ru/c2*1-18(2,3)17(19)14-20(15-10-6-4-7-11-15)16-12-8-5-9-13-16;;1-2;/h2*4-14,19H,1-3H3;1H;;/q;;;-1;+2/p+1. The van der Waals surface area contributed by atoms with Crippen LogP contribution in [0.5, 0.6) is 0 Å². The summed E-state index contributed by atoms with van der Waals surface area (Å²) in [6, 6.07) is 41.8. The number of benzene rings is 4. The molecule has 0 aliphatic heterocycles. The fourth-order valence-corrected chi connectivity index (χ4v) is 8.80. The van der Waals surface area contributed by atoms with Crippen LogP contribution in [0.2, 0.25) is 0 Å². The van der Waals surface area contributed by atoms with E-state index in [1.807, 2.05) is 83.1 Å². The van der Waals surface area contributed by atoms with Crippen molar-refractivity contribution in [3.63, 3.8) is 0 Å². The predicted octanol–water partition coefficient (Wildman–Crippen LogP) is 9.60. The molecule has 4 nitrogen and oxygen atoms in total. The van der Waals surface area contributed by atoms with Gasteiger partial charge in [0.1, 0.15) is 44.4 Å². The first kappa shape index (κ1) is 39.4. The van der Waals surface area contributed by atoms with Gasteiger partial charge in [0.25, 0.3) is 0 Å². The number of halogens is 1. The maximum absolute atomic E-state index is 10.4. The maximum atomic E-state index is 10.4. The molecule has 44 heavy (non-hydrogen) atoms. The Balaban J connectivity index is 0.000000395. The third-order valence-electron chi connectivity index (χ3n) is 6.44. The van der Waals surface area contributed by atoms with E-state index in [1.165, 1.54) is 21.2 Å². The van der Waals surface area contributed by atoms with Crippen molar-refractivity contribution in [2.45, 2.75) is 41.5 Å². The van der Waals surface area contributed by atoms with Crippen molar-refractivity contribution >= 4 is 46.8 Å². The van der Waals surface area contributed by atoms with Gasteiger partial charge in [0, 0.05) is 10.8 Å². The molecule has 0 saturated carbocycles. The van der Waals surface area contributed by atoms with Gasteiger partial charge in [-0.1, -0.05) is 114 Å². The maximum Gasteiger partial charge on any atom is -0.423 e. The number of nitroso groups, excluding NO2 is 1. The van der Waals surface area contributed by atoms with Crippen LogP contribution in [0, 0.1) is 15.7 Å². The van der Waals surface area contributed by atoms with E-state index in [4.69, 9.17) is 10.5 Å². The molecular formula is C36H44ClNO3P2Ru+2. The Morgan fingerprint density at radius 1 is 0.523 bits per heavy atom. The molecule has 0 aliphatic rings. The van der Waals surface area contributed by atoms with Gasteiger partial charge in [0.15, 0.2) is 0 Å². The monoisotopic (exact) mass is 737 g/mol. The summed E-state index contributed by atoms with van der Waals surface area (Å²) in [6.45, 7) is 12.2. The first-order chi connectivity index (χ1) is 21.0. The second kappa shape index (κ2) is 20.4. The van der Waals surface area contributed by atoms with Gasteiger partial charge in [-0.15, -0.1) is 0 Å². The molecule has 0 aliphatic carbocycles. The second-order valence-electron chi connectivity index (χ2n) is 11.9. The Bertz CT molecular complexity index is 1210. The number of allylic oxidation sites excluding steroid dienone is 2. The van der Waals surface area contributed by atoms with E-state index in [-0.39, 0.29) is 10.8 Å². The summed E-state index contributed by atoms with van der Waals surface area (Å²) in [5.74, 6) is 5.07. The summed E-state index contributed by atoms with van der Waals surface area (Å²) >= 11 is 1.82. The van der Waals surface area contributed by atoms with Gasteiger partial charge in [-0.05, 0) is 48.5 Å². The van der Waals surface area contributed by atoms with Crippen LogP contribution in [0.15, 0.2) is 144 Å². The van der Waals surface area contributed by atoms with E-state index >= 15 is 0 Å². The molecule has 0 unspecified atom stereocenters. The van der Waals surface area contributed by atoms with Gasteiger partial charge in [-0.25, -0.2) is 0 Å². The molecular weight excluding hydrogens is 693 g/mol. The van der Waals surface area contributed by atoms with Crippen LogP contribution in [-0.4, -0.2) is 10.2 Å². The summed E-state index contributed by atoms with van der Waals surface area (Å²) in [7, 11) is 2.38. The van der Waals surface area contributed by atoms with E-state index in [9.17, 15) is 10.2 Å². The van der Waals surface area contributed by atoms with Crippen molar-refractivity contribution in [1.29, 1.82) is 0 Å². The van der Waals surface area contributed by atoms with Gasteiger partial charge < -0.3 is 20.7 Å². The van der Waals surface area contributed by atoms with Crippen LogP contribution < -0.4 is 21.2 Å². The van der Waals surface area contributed by atoms with Gasteiger partial charge in [-0.3, -0.25) is 0 Å². The third-order valence-corrected chi connectivity index (χ3v) is 11.4. The summed E-state index contributed by atoms with van der Waals surface area (Å²) < 4.78 is 0. The molecule has 4 rings (SSSR count). The van der Waals surface area contributed by atoms with Crippen LogP contribution in [0.25, 0.3) is 5.59 Å². The Morgan fingerprint density at radius 3 is 0.864 bits per heavy atom. The number of nitrogens with zero attached hydrogens (tertiary/aromatic N) is 1. The van der Waals surface area contributed by atoms with Crippen molar-refractivity contribution in [1.82, 2.24) is 0 Å². The average molecular weight is 737 g/mol. The Labute approximate surface area is 280 Å². The normalized spacial score (nSPS) is 11.8. The zero-order valence-corrected chi connectivity index (χ0v) is 30.7. The molecule has 8 heteroatoms. The van der Waals surface area contributed by atoms with Crippen LogP contribution in [0.3, 0.4) is 0 Å². The molecule has 2 N–H and O–H groups in total. The number of rotatable bonds is 6. The first-order valence-corrected chi connectivity index (χ1v) is 19.5. The third kappa shape index (κ3) is 13.5. The van der Waals surface area contributed by atoms with Crippen molar-refractivity contribution < 1.29 is 27.5 Å². The molecule has 0 heterocycles. The summed E-state index contributed by atoms with van der Waals surface area (Å²) in [5.41, 5.74) is 5.33. The minimum Gasteiger partial charge on any atom is -0.577 e. The second-order valence-corrected chi connectivity index (χ2v) is 16.4. The molecule has 4 aromatic carbocycles. The molecule has 0 radical (unpaired) electrons. The van der Waals surface area contributed by atoms with Crippen LogP contribution in [-0.2, 0) is 17.3 Å². The number of aliphatic hydroxyl groups is 2. The van der Waals surface area contributed by atoms with Crippen molar-refractivity contribution in [2.75, 3.05) is 0 Å². The summed E-state index contributed by atoms with van der Waals surface area (Å²) in [6.07, 6.45) is 0. The number of hydrogen-bond acceptors (Lipinski definition) is 3. The Kier molecular flexibility index (Phi) is 18.2. The Morgan fingerprint density at radius 2 is 0.705 bits per heavy atom. The molecule has 0 bridgehead atoms. The SMILES string of the molecule is CC(C)(C)C(O)=C[PH+](c1ccccc1)c1ccccc1.CC(C)(C)C(O)=C[PH+](c1ccccc1)c1ccccc1.[Cl][Ru+].[N-]=O. The average Bonchev–Trinajstić information content (AvgIpc) is 3.05. The minimum atomic E-state index is -1.09. The number of hydrogen-bond donors (Lipinski definition) is 2. The number of aliphatic hydroxyl groups excluding tert-OH is 2. The van der Waals surface area contributed by atoms with E-state index in [0.717, 1.165) is 0 Å². The van der Waals surface area contributed by atoms with E-state index in [0.29, 0.717) is 11.5 Å². The molecule has 0 fully saturated rings. The van der Waals surface area contributed by atoms with Gasteiger partial charge in [0.05, 0.1) is 15.8 Å². The zero-order chi connectivity index (χ0) is 33.2.